The topological polar surface area (TPSA) is 46.2 Å². The van der Waals surface area contributed by atoms with Crippen LogP contribution in [0.25, 0.3) is 0 Å². The lowest BCUT2D eigenvalue weighted by molar-refractivity contribution is -0.0191. The maximum absolute atomic E-state index is 12.0. The highest BCUT2D eigenvalue weighted by Crippen LogP contribution is 2.18. The van der Waals surface area contributed by atoms with E-state index in [-0.39, 0.29) is 0 Å². The van der Waals surface area contributed by atoms with Crippen LogP contribution in [0.4, 0.5) is 8.78 Å². The van der Waals surface area contributed by atoms with E-state index in [4.69, 9.17) is 10.8 Å². The quantitative estimate of drug-likeness (QED) is 0.749. The molecule has 0 saturated heterocycles. The molecule has 2 atom stereocenters. The molecule has 13 heavy (non-hydrogen) atoms. The Bertz CT molecular complexity index is 253. The van der Waals surface area contributed by atoms with Crippen molar-refractivity contribution in [1.29, 1.82) is 0 Å². The highest BCUT2D eigenvalue weighted by atomic mass is 19.3. The van der Waals surface area contributed by atoms with Crippen LogP contribution in [0, 0.1) is 0 Å². The third-order valence-electron chi connectivity index (χ3n) is 1.81. The molecule has 0 saturated carbocycles. The SMILES string of the molecule is NC(c1ccccc1)C(O)C(F)F. The Morgan fingerprint density at radius 1 is 1.15 bits per heavy atom. The number of hydrogen-bond acceptors (Lipinski definition) is 2. The Balaban J connectivity index is 2.73. The van der Waals surface area contributed by atoms with Crippen LogP contribution in [0.1, 0.15) is 11.6 Å². The average Bonchev–Trinajstić information content (AvgIpc) is 2.17. The summed E-state index contributed by atoms with van der Waals surface area (Å²) < 4.78 is 24.1. The van der Waals surface area contributed by atoms with E-state index in [0.717, 1.165) is 0 Å². The van der Waals surface area contributed by atoms with Crippen molar-refractivity contribution < 1.29 is 13.9 Å². The fraction of sp³-hybridized carbons (Fsp3) is 0.333. The molecule has 0 aliphatic heterocycles. The number of halogens is 2. The standard InChI is InChI=1S/C9H11F2NO/c10-9(11)8(13)7(12)6-4-2-1-3-5-6/h1-5,7-9,13H,12H2. The molecule has 0 heterocycles. The predicted octanol–water partition coefficient (Wildman–Crippen LogP) is 1.31. The van der Waals surface area contributed by atoms with Crippen molar-refractivity contribution in [2.75, 3.05) is 0 Å². The third-order valence-corrected chi connectivity index (χ3v) is 1.81. The molecule has 2 unspecified atom stereocenters. The fourth-order valence-electron chi connectivity index (χ4n) is 1.03. The summed E-state index contributed by atoms with van der Waals surface area (Å²) in [6.07, 6.45) is -4.61. The lowest BCUT2D eigenvalue weighted by Crippen LogP contribution is -2.32. The van der Waals surface area contributed by atoms with Gasteiger partial charge in [0.1, 0.15) is 6.10 Å². The number of alkyl halides is 2. The van der Waals surface area contributed by atoms with Crippen molar-refractivity contribution in [3.05, 3.63) is 35.9 Å². The maximum atomic E-state index is 12.0. The molecule has 0 aliphatic rings. The zero-order valence-electron chi connectivity index (χ0n) is 6.90. The van der Waals surface area contributed by atoms with Crippen molar-refractivity contribution in [2.45, 2.75) is 18.6 Å². The first-order valence-electron chi connectivity index (χ1n) is 3.89. The molecular weight excluding hydrogens is 176 g/mol. The highest BCUT2D eigenvalue weighted by Gasteiger charge is 2.25. The van der Waals surface area contributed by atoms with Gasteiger partial charge in [-0.05, 0) is 5.56 Å². The van der Waals surface area contributed by atoms with Gasteiger partial charge < -0.3 is 10.8 Å². The van der Waals surface area contributed by atoms with Crippen LogP contribution in [0.15, 0.2) is 30.3 Å². The zero-order valence-corrected chi connectivity index (χ0v) is 6.90. The molecule has 1 aromatic carbocycles. The van der Waals surface area contributed by atoms with Gasteiger partial charge in [-0.1, -0.05) is 30.3 Å². The van der Waals surface area contributed by atoms with Gasteiger partial charge in [0.2, 0.25) is 0 Å². The van der Waals surface area contributed by atoms with Crippen molar-refractivity contribution in [3.8, 4) is 0 Å². The van der Waals surface area contributed by atoms with E-state index in [1.54, 1.807) is 30.3 Å². The maximum Gasteiger partial charge on any atom is 0.265 e. The Labute approximate surface area is 75.0 Å². The van der Waals surface area contributed by atoms with Gasteiger partial charge in [0.05, 0.1) is 6.04 Å². The Kier molecular flexibility index (Phi) is 3.33. The molecule has 1 rings (SSSR count). The average molecular weight is 187 g/mol. The van der Waals surface area contributed by atoms with Crippen molar-refractivity contribution in [2.24, 2.45) is 5.73 Å². The van der Waals surface area contributed by atoms with E-state index in [1.807, 2.05) is 0 Å². The molecular formula is C9H11F2NO. The first-order chi connectivity index (χ1) is 6.13. The van der Waals surface area contributed by atoms with Gasteiger partial charge in [-0.15, -0.1) is 0 Å². The van der Waals surface area contributed by atoms with Crippen LogP contribution in [0.2, 0.25) is 0 Å². The van der Waals surface area contributed by atoms with E-state index >= 15 is 0 Å². The van der Waals surface area contributed by atoms with Crippen LogP contribution in [0.5, 0.6) is 0 Å². The van der Waals surface area contributed by atoms with Crippen LogP contribution in [-0.2, 0) is 0 Å². The summed E-state index contributed by atoms with van der Waals surface area (Å²) in [7, 11) is 0. The first kappa shape index (κ1) is 10.1. The minimum absolute atomic E-state index is 0.510. The minimum Gasteiger partial charge on any atom is -0.385 e. The number of rotatable bonds is 3. The Morgan fingerprint density at radius 3 is 2.15 bits per heavy atom. The molecule has 0 fully saturated rings. The van der Waals surface area contributed by atoms with Crippen LogP contribution in [-0.4, -0.2) is 17.6 Å². The van der Waals surface area contributed by atoms with E-state index < -0.39 is 18.6 Å². The molecule has 72 valence electrons. The highest BCUT2D eigenvalue weighted by molar-refractivity contribution is 5.19. The third kappa shape index (κ3) is 2.47. The number of aliphatic hydroxyl groups is 1. The van der Waals surface area contributed by atoms with Gasteiger partial charge in [0.25, 0.3) is 6.43 Å². The summed E-state index contributed by atoms with van der Waals surface area (Å²) in [5.41, 5.74) is 5.92. The van der Waals surface area contributed by atoms with Crippen LogP contribution < -0.4 is 5.73 Å². The Hall–Kier alpha value is -1.00. The molecule has 0 amide bonds. The molecule has 0 aliphatic carbocycles. The molecule has 4 heteroatoms. The van der Waals surface area contributed by atoms with Crippen molar-refractivity contribution >= 4 is 0 Å². The van der Waals surface area contributed by atoms with Gasteiger partial charge >= 0.3 is 0 Å². The van der Waals surface area contributed by atoms with Gasteiger partial charge in [0, 0.05) is 0 Å². The van der Waals surface area contributed by atoms with E-state index in [2.05, 4.69) is 0 Å². The lowest BCUT2D eigenvalue weighted by Gasteiger charge is -2.17. The monoisotopic (exact) mass is 187 g/mol. The van der Waals surface area contributed by atoms with Gasteiger partial charge in [-0.2, -0.15) is 0 Å². The first-order valence-corrected chi connectivity index (χ1v) is 3.89. The summed E-state index contributed by atoms with van der Waals surface area (Å²) in [6, 6.07) is 7.32. The molecule has 1 aromatic rings. The molecule has 2 nitrogen and oxygen atoms in total. The lowest BCUT2D eigenvalue weighted by atomic mass is 10.0. The Morgan fingerprint density at radius 2 is 1.69 bits per heavy atom. The van der Waals surface area contributed by atoms with Gasteiger partial charge in [0.15, 0.2) is 0 Å². The van der Waals surface area contributed by atoms with Crippen LogP contribution in [0.3, 0.4) is 0 Å². The van der Waals surface area contributed by atoms with E-state index in [0.29, 0.717) is 5.56 Å². The molecule has 0 radical (unpaired) electrons. The summed E-state index contributed by atoms with van der Waals surface area (Å²) >= 11 is 0. The second kappa shape index (κ2) is 4.30. The molecule has 0 aromatic heterocycles. The van der Waals surface area contributed by atoms with E-state index in [1.165, 1.54) is 0 Å². The summed E-state index contributed by atoms with van der Waals surface area (Å²) in [6.45, 7) is 0. The molecule has 0 spiro atoms. The zero-order chi connectivity index (χ0) is 9.84. The van der Waals surface area contributed by atoms with Crippen molar-refractivity contribution in [1.82, 2.24) is 0 Å². The summed E-state index contributed by atoms with van der Waals surface area (Å²) in [5, 5.41) is 8.97. The smallest absolute Gasteiger partial charge is 0.265 e. The molecule has 0 bridgehead atoms. The number of hydrogen-bond donors (Lipinski definition) is 2. The number of aliphatic hydroxyl groups excluding tert-OH is 1. The minimum atomic E-state index is -2.81. The van der Waals surface area contributed by atoms with Crippen LogP contribution >= 0.6 is 0 Å². The van der Waals surface area contributed by atoms with E-state index in [9.17, 15) is 8.78 Å². The van der Waals surface area contributed by atoms with Gasteiger partial charge in [-0.3, -0.25) is 0 Å². The van der Waals surface area contributed by atoms with Crippen molar-refractivity contribution in [3.63, 3.8) is 0 Å². The number of benzene rings is 1. The second-order valence-electron chi connectivity index (χ2n) is 2.76. The van der Waals surface area contributed by atoms with Gasteiger partial charge in [-0.25, -0.2) is 8.78 Å². The summed E-state index contributed by atoms with van der Waals surface area (Å²) in [5.74, 6) is 0. The molecule has 3 N–H and O–H groups in total. The largest absolute Gasteiger partial charge is 0.385 e. The summed E-state index contributed by atoms with van der Waals surface area (Å²) in [4.78, 5) is 0. The predicted molar refractivity (Wildman–Crippen MR) is 45.4 cm³/mol. The number of nitrogens with two attached hydrogens (primary N) is 1. The normalized spacial score (nSPS) is 15.8. The fourth-order valence-corrected chi connectivity index (χ4v) is 1.03. The second-order valence-corrected chi connectivity index (χ2v) is 2.76.